The fourth-order valence-corrected chi connectivity index (χ4v) is 5.98. The van der Waals surface area contributed by atoms with E-state index >= 15 is 0 Å². The molecule has 0 spiro atoms. The number of rotatable bonds is 12. The maximum Gasteiger partial charge on any atom is 0.412 e. The minimum atomic E-state index is -3.95. The third kappa shape index (κ3) is 7.41. The molecule has 0 bridgehead atoms. The van der Waals surface area contributed by atoms with Gasteiger partial charge in [-0.1, -0.05) is 44.2 Å². The smallest absolute Gasteiger partial charge is 0.412 e. The number of carbonyl (C=O) groups excluding carboxylic acids is 1. The largest absolute Gasteiger partial charge is 0.497 e. The van der Waals surface area contributed by atoms with E-state index < -0.39 is 28.3 Å². The molecule has 0 aliphatic rings. The van der Waals surface area contributed by atoms with Gasteiger partial charge in [0.2, 0.25) is 10.0 Å². The van der Waals surface area contributed by atoms with Crippen LogP contribution < -0.4 is 14.8 Å². The number of nitrogens with zero attached hydrogens (tertiary/aromatic N) is 1. The number of hydrogen-bond acceptors (Lipinski definition) is 7. The summed E-state index contributed by atoms with van der Waals surface area (Å²) >= 11 is 0. The summed E-state index contributed by atoms with van der Waals surface area (Å²) in [4.78, 5) is 13.0. The van der Waals surface area contributed by atoms with Crippen molar-refractivity contribution in [3.8, 4) is 11.5 Å². The number of benzene rings is 3. The highest BCUT2D eigenvalue weighted by molar-refractivity contribution is 7.89. The van der Waals surface area contributed by atoms with Crippen LogP contribution in [0.15, 0.2) is 94.4 Å². The lowest BCUT2D eigenvalue weighted by Crippen LogP contribution is -2.51. The lowest BCUT2D eigenvalue weighted by molar-refractivity contribution is 0.0991. The van der Waals surface area contributed by atoms with Crippen molar-refractivity contribution in [2.75, 3.05) is 20.2 Å². The average molecular weight is 567 g/mol. The molecule has 2 atom stereocenters. The minimum Gasteiger partial charge on any atom is -0.497 e. The fourth-order valence-electron chi connectivity index (χ4n) is 4.36. The molecule has 0 aliphatic carbocycles. The lowest BCUT2D eigenvalue weighted by atomic mass is 10.0. The van der Waals surface area contributed by atoms with E-state index in [-0.39, 0.29) is 30.3 Å². The van der Waals surface area contributed by atoms with Crippen molar-refractivity contribution in [3.63, 3.8) is 0 Å². The highest BCUT2D eigenvalue weighted by atomic mass is 32.2. The quantitative estimate of drug-likeness (QED) is 0.252. The summed E-state index contributed by atoms with van der Waals surface area (Å²) in [6, 6.07) is 21.3. The molecule has 9 nitrogen and oxygen atoms in total. The van der Waals surface area contributed by atoms with Crippen molar-refractivity contribution >= 4 is 27.1 Å². The normalized spacial score (nSPS) is 13.3. The van der Waals surface area contributed by atoms with Crippen LogP contribution >= 0.6 is 0 Å². The van der Waals surface area contributed by atoms with Crippen LogP contribution in [0.4, 0.5) is 4.79 Å². The molecule has 0 fully saturated rings. The van der Waals surface area contributed by atoms with Crippen molar-refractivity contribution in [2.45, 2.75) is 37.3 Å². The van der Waals surface area contributed by atoms with Crippen LogP contribution in [0, 0.1) is 5.92 Å². The molecular formula is C30H34N2O7S. The Morgan fingerprint density at radius 2 is 1.68 bits per heavy atom. The number of nitrogens with one attached hydrogen (secondary N) is 1. The molecule has 0 saturated heterocycles. The molecule has 4 aromatic rings. The van der Waals surface area contributed by atoms with Crippen LogP contribution in [0.2, 0.25) is 0 Å². The zero-order valence-corrected chi connectivity index (χ0v) is 23.5. The Labute approximate surface area is 234 Å². The Morgan fingerprint density at radius 1 is 0.975 bits per heavy atom. The summed E-state index contributed by atoms with van der Waals surface area (Å²) in [5, 5.41) is 14.9. The van der Waals surface area contributed by atoms with E-state index in [1.807, 2.05) is 44.2 Å². The summed E-state index contributed by atoms with van der Waals surface area (Å²) in [5.41, 5.74) is 1.52. The van der Waals surface area contributed by atoms with Crippen LogP contribution in [0.25, 0.3) is 11.0 Å². The van der Waals surface area contributed by atoms with E-state index in [0.29, 0.717) is 17.1 Å². The first-order valence-corrected chi connectivity index (χ1v) is 14.4. The number of aliphatic hydroxyl groups excluding tert-OH is 1. The minimum absolute atomic E-state index is 0.0106. The summed E-state index contributed by atoms with van der Waals surface area (Å²) < 4.78 is 44.4. The summed E-state index contributed by atoms with van der Waals surface area (Å²) in [6.45, 7) is 3.75. The van der Waals surface area contributed by atoms with Gasteiger partial charge in [-0.2, -0.15) is 4.31 Å². The summed E-state index contributed by atoms with van der Waals surface area (Å²) in [5.74, 6) is 0.832. The van der Waals surface area contributed by atoms with E-state index in [2.05, 4.69) is 5.32 Å². The van der Waals surface area contributed by atoms with Gasteiger partial charge in [0.05, 0.1) is 30.4 Å². The van der Waals surface area contributed by atoms with E-state index in [0.717, 1.165) is 10.9 Å². The monoisotopic (exact) mass is 566 g/mol. The standard InChI is InChI=1S/C30H34N2O7S/c1-21(2)19-32(40(35,36)26-12-9-24(37-3)10-13-26)20-28(33)27(17-22-7-5-4-6-8-22)31-30(34)39-25-11-14-29-23(18-25)15-16-38-29/h4-16,18,21,27-28,33H,17,19-20H2,1-3H3,(H,31,34)/t27-,28+/m0/s1. The SMILES string of the molecule is COc1ccc(S(=O)(=O)N(CC(C)C)C[C@@H](O)[C@H](Cc2ccccc2)NC(=O)Oc2ccc3occc3c2)cc1. The Morgan fingerprint density at radius 3 is 2.35 bits per heavy atom. The average Bonchev–Trinajstić information content (AvgIpc) is 3.40. The van der Waals surface area contributed by atoms with Crippen molar-refractivity contribution < 1.29 is 32.2 Å². The van der Waals surface area contributed by atoms with Gasteiger partial charge in [-0.05, 0) is 66.4 Å². The lowest BCUT2D eigenvalue weighted by Gasteiger charge is -2.30. The molecule has 1 aromatic heterocycles. The van der Waals surface area contributed by atoms with Gasteiger partial charge in [0.25, 0.3) is 0 Å². The van der Waals surface area contributed by atoms with Gasteiger partial charge in [-0.3, -0.25) is 0 Å². The zero-order chi connectivity index (χ0) is 28.7. The van der Waals surface area contributed by atoms with Gasteiger partial charge in [0.1, 0.15) is 17.1 Å². The molecule has 212 valence electrons. The second kappa shape index (κ2) is 13.0. The predicted molar refractivity (Wildman–Crippen MR) is 152 cm³/mol. The molecule has 1 heterocycles. The summed E-state index contributed by atoms with van der Waals surface area (Å²) in [7, 11) is -2.44. The molecule has 40 heavy (non-hydrogen) atoms. The molecule has 4 rings (SSSR count). The maximum absolute atomic E-state index is 13.6. The molecule has 0 radical (unpaired) electrons. The molecule has 3 aromatic carbocycles. The molecule has 0 aliphatic heterocycles. The molecular weight excluding hydrogens is 532 g/mol. The first-order valence-electron chi connectivity index (χ1n) is 13.0. The first kappa shape index (κ1) is 29.1. The number of fused-ring (bicyclic) bond motifs is 1. The molecule has 2 N–H and O–H groups in total. The van der Waals surface area contributed by atoms with Gasteiger partial charge in [0, 0.05) is 18.5 Å². The van der Waals surface area contributed by atoms with Crippen LogP contribution in [-0.4, -0.2) is 56.3 Å². The van der Waals surface area contributed by atoms with Crippen molar-refractivity contribution in [1.82, 2.24) is 9.62 Å². The number of sulfonamides is 1. The summed E-state index contributed by atoms with van der Waals surface area (Å²) in [6.07, 6.45) is -0.202. The Balaban J connectivity index is 1.55. The number of aliphatic hydroxyl groups is 1. The van der Waals surface area contributed by atoms with Crippen LogP contribution in [-0.2, 0) is 16.4 Å². The second-order valence-electron chi connectivity index (χ2n) is 9.91. The molecule has 10 heteroatoms. The zero-order valence-electron chi connectivity index (χ0n) is 22.7. The maximum atomic E-state index is 13.6. The van der Waals surface area contributed by atoms with Crippen molar-refractivity contribution in [1.29, 1.82) is 0 Å². The topological polar surface area (TPSA) is 118 Å². The van der Waals surface area contributed by atoms with Gasteiger partial charge in [-0.15, -0.1) is 0 Å². The Bertz CT molecular complexity index is 1500. The van der Waals surface area contributed by atoms with Gasteiger partial charge < -0.3 is 24.3 Å². The van der Waals surface area contributed by atoms with Gasteiger partial charge in [-0.25, -0.2) is 13.2 Å². The van der Waals surface area contributed by atoms with Crippen molar-refractivity contribution in [2.24, 2.45) is 5.92 Å². The molecule has 0 saturated carbocycles. The number of ether oxygens (including phenoxy) is 2. The van der Waals surface area contributed by atoms with Crippen LogP contribution in [0.3, 0.4) is 0 Å². The van der Waals surface area contributed by atoms with Crippen LogP contribution in [0.1, 0.15) is 19.4 Å². The third-order valence-corrected chi connectivity index (χ3v) is 8.20. The third-order valence-electron chi connectivity index (χ3n) is 6.36. The highest BCUT2D eigenvalue weighted by Gasteiger charge is 2.31. The van der Waals surface area contributed by atoms with E-state index in [4.69, 9.17) is 13.9 Å². The predicted octanol–water partition coefficient (Wildman–Crippen LogP) is 4.85. The highest BCUT2D eigenvalue weighted by Crippen LogP contribution is 2.23. The molecule has 0 unspecified atom stereocenters. The number of methoxy groups -OCH3 is 1. The van der Waals surface area contributed by atoms with Gasteiger partial charge >= 0.3 is 6.09 Å². The Hall–Kier alpha value is -3.86. The van der Waals surface area contributed by atoms with E-state index in [9.17, 15) is 18.3 Å². The first-order chi connectivity index (χ1) is 19.2. The van der Waals surface area contributed by atoms with Crippen molar-refractivity contribution in [3.05, 3.63) is 90.7 Å². The Kier molecular flexibility index (Phi) is 9.46. The van der Waals surface area contributed by atoms with Gasteiger partial charge in [0.15, 0.2) is 0 Å². The fraction of sp³-hybridized carbons (Fsp3) is 0.300. The number of carbonyl (C=O) groups is 1. The molecule has 1 amide bonds. The second-order valence-corrected chi connectivity index (χ2v) is 11.8. The number of amides is 1. The number of hydrogen-bond donors (Lipinski definition) is 2. The number of furan rings is 1. The van der Waals surface area contributed by atoms with E-state index in [1.165, 1.54) is 23.5 Å². The van der Waals surface area contributed by atoms with Crippen LogP contribution in [0.5, 0.6) is 11.5 Å². The van der Waals surface area contributed by atoms with E-state index in [1.54, 1.807) is 42.7 Å².